The van der Waals surface area contributed by atoms with E-state index in [0.717, 1.165) is 51.1 Å². The molecule has 0 unspecified atom stereocenters. The molecule has 0 aliphatic heterocycles. The minimum Gasteiger partial charge on any atom is -0.478 e. The van der Waals surface area contributed by atoms with Crippen molar-refractivity contribution < 1.29 is 46.9 Å². The fourth-order valence-corrected chi connectivity index (χ4v) is 8.22. The number of amides is 2. The number of thiazole rings is 1. The number of ether oxygens (including phenoxy) is 2. The maximum absolute atomic E-state index is 14.6. The Hall–Kier alpha value is -6.11. The maximum atomic E-state index is 14.6. The number of thiophene rings is 2. The van der Waals surface area contributed by atoms with Gasteiger partial charge in [-0.05, 0) is 50.2 Å². The predicted octanol–water partition coefficient (Wildman–Crippen LogP) is 9.68. The zero-order valence-corrected chi connectivity index (χ0v) is 32.1. The molecule has 18 heteroatoms. The van der Waals surface area contributed by atoms with Crippen LogP contribution in [0.1, 0.15) is 60.0 Å². The molecule has 0 spiro atoms. The number of allylic oxidation sites excluding steroid dienone is 1. The molecule has 2 amide bonds. The number of carboxylic acid groups (broad SMARTS) is 1. The predicted molar refractivity (Wildman–Crippen MR) is 207 cm³/mol. The number of hydrogen-bond acceptors (Lipinski definition) is 11. The van der Waals surface area contributed by atoms with Gasteiger partial charge >= 0.3 is 18.0 Å². The molecule has 56 heavy (non-hydrogen) atoms. The highest BCUT2D eigenvalue weighted by molar-refractivity contribution is 7.17. The molecule has 0 aliphatic carbocycles. The van der Waals surface area contributed by atoms with E-state index in [0.29, 0.717) is 16.3 Å². The van der Waals surface area contributed by atoms with Crippen LogP contribution in [0, 0.1) is 19.7 Å². The van der Waals surface area contributed by atoms with E-state index in [1.807, 2.05) is 0 Å². The topological polar surface area (TPSA) is 162 Å². The maximum Gasteiger partial charge on any atom is 0.412 e. The van der Waals surface area contributed by atoms with Crippen molar-refractivity contribution >= 4 is 68.0 Å². The summed E-state index contributed by atoms with van der Waals surface area (Å²) in [4.78, 5) is 56.9. The molecule has 2 aromatic carbocycles. The number of benzene rings is 2. The lowest BCUT2D eigenvalue weighted by atomic mass is 10.1. The van der Waals surface area contributed by atoms with Gasteiger partial charge in [0.2, 0.25) is 0 Å². The van der Waals surface area contributed by atoms with E-state index in [4.69, 9.17) is 9.47 Å². The summed E-state index contributed by atoms with van der Waals surface area (Å²) in [6.45, 7) is 6.47. The van der Waals surface area contributed by atoms with Gasteiger partial charge in [-0.3, -0.25) is 14.8 Å². The Kier molecular flexibility index (Phi) is 11.5. The summed E-state index contributed by atoms with van der Waals surface area (Å²) in [6.07, 6.45) is -0.666. The molecule has 6 aromatic rings. The average molecular weight is 822 g/mol. The van der Waals surface area contributed by atoms with Gasteiger partial charge in [-0.15, -0.1) is 40.6 Å². The highest BCUT2D eigenvalue weighted by atomic mass is 32.1. The molecular formula is C38H30F3N5O7S3. The van der Waals surface area contributed by atoms with Gasteiger partial charge in [0.1, 0.15) is 50.0 Å². The zero-order chi connectivity index (χ0) is 40.3. The van der Waals surface area contributed by atoms with Crippen molar-refractivity contribution in [2.75, 3.05) is 10.6 Å². The summed E-state index contributed by atoms with van der Waals surface area (Å²) in [5, 5.41) is 24.3. The third-order valence-electron chi connectivity index (χ3n) is 8.09. The first-order valence-electron chi connectivity index (χ1n) is 16.4. The smallest absolute Gasteiger partial charge is 0.412 e. The number of carbonyl (C=O) groups excluding carboxylic acids is 3. The summed E-state index contributed by atoms with van der Waals surface area (Å²) >= 11 is 3.18. The minimum atomic E-state index is -3.33. The number of carbonyl (C=O) groups is 4. The van der Waals surface area contributed by atoms with E-state index < -0.39 is 54.4 Å². The highest BCUT2D eigenvalue weighted by Crippen LogP contribution is 2.40. The SMILES string of the molecule is C=CCC(F)(F)c1cc(-c2csc(NC(=O)OCc3cc(C)ccc3OC(=O)c3c(-c4nc(C)cs4)csc3NC(=O)c3cccc(F)c3)c2C(=O)O)n(C)n1. The van der Waals surface area contributed by atoms with Crippen LogP contribution < -0.4 is 15.4 Å². The van der Waals surface area contributed by atoms with Gasteiger partial charge in [0, 0.05) is 57.6 Å². The van der Waals surface area contributed by atoms with Gasteiger partial charge < -0.3 is 19.9 Å². The van der Waals surface area contributed by atoms with Crippen molar-refractivity contribution in [1.29, 1.82) is 0 Å². The molecule has 0 fully saturated rings. The first kappa shape index (κ1) is 39.6. The van der Waals surface area contributed by atoms with Crippen LogP contribution in [0.15, 0.2) is 77.3 Å². The number of nitrogens with one attached hydrogen (secondary N) is 2. The third kappa shape index (κ3) is 8.56. The van der Waals surface area contributed by atoms with Crippen molar-refractivity contribution in [3.8, 4) is 27.6 Å². The molecule has 0 saturated heterocycles. The second-order valence-corrected chi connectivity index (χ2v) is 14.8. The number of anilines is 2. The molecule has 288 valence electrons. The van der Waals surface area contributed by atoms with Crippen molar-refractivity contribution in [2.24, 2.45) is 7.05 Å². The number of aromatic carboxylic acids is 1. The normalized spacial score (nSPS) is 11.2. The Morgan fingerprint density at radius 1 is 0.964 bits per heavy atom. The second-order valence-electron chi connectivity index (χ2n) is 12.2. The molecule has 4 aromatic heterocycles. The molecular weight excluding hydrogens is 792 g/mol. The second kappa shape index (κ2) is 16.3. The minimum absolute atomic E-state index is 0.000966. The number of aryl methyl sites for hydroxylation is 3. The van der Waals surface area contributed by atoms with E-state index in [1.165, 1.54) is 48.0 Å². The number of carboxylic acids is 1. The molecule has 0 aliphatic rings. The number of alkyl halides is 2. The first-order valence-corrected chi connectivity index (χ1v) is 19.0. The molecule has 6 rings (SSSR count). The summed E-state index contributed by atoms with van der Waals surface area (Å²) in [5.74, 6) is -6.88. The molecule has 12 nitrogen and oxygen atoms in total. The number of nitrogens with zero attached hydrogens (tertiary/aromatic N) is 3. The lowest BCUT2D eigenvalue weighted by Gasteiger charge is -2.13. The molecule has 3 N–H and O–H groups in total. The summed E-state index contributed by atoms with van der Waals surface area (Å²) in [5.41, 5.74) is 1.34. The van der Waals surface area contributed by atoms with Gasteiger partial charge in [0.05, 0.1) is 5.69 Å². The number of esters is 1. The van der Waals surface area contributed by atoms with Crippen LogP contribution in [0.4, 0.5) is 28.0 Å². The third-order valence-corrected chi connectivity index (χ3v) is 10.9. The van der Waals surface area contributed by atoms with E-state index in [2.05, 4.69) is 27.3 Å². The number of hydrogen-bond donors (Lipinski definition) is 3. The number of halogens is 3. The van der Waals surface area contributed by atoms with Gasteiger partial charge in [-0.1, -0.05) is 23.8 Å². The van der Waals surface area contributed by atoms with Gasteiger partial charge in [-0.2, -0.15) is 13.9 Å². The fraction of sp³-hybridized carbons (Fsp3) is 0.158. The van der Waals surface area contributed by atoms with E-state index in [-0.39, 0.29) is 49.3 Å². The van der Waals surface area contributed by atoms with E-state index in [9.17, 15) is 37.5 Å². The van der Waals surface area contributed by atoms with Crippen LogP contribution in [-0.4, -0.2) is 43.8 Å². The van der Waals surface area contributed by atoms with Crippen molar-refractivity contribution in [3.63, 3.8) is 0 Å². The standard InChI is InChI=1S/C38H30F3N5O7S3/c1-5-11-38(40,41)28-14-26(46(4)45-28)24-17-55-33(29(24)35(48)49)44-37(51)52-15-22-12-19(2)9-10-27(22)53-36(50)30-25(32-42-20(3)16-54-32)18-56-34(30)43-31(47)21-7-6-8-23(39)13-21/h5-10,12-14,16-18H,1,11,15H2,2-4H3,(H,43,47)(H,44,51)(H,48,49). The van der Waals surface area contributed by atoms with Crippen LogP contribution in [-0.2, 0) is 24.3 Å². The zero-order valence-electron chi connectivity index (χ0n) is 29.6. The highest BCUT2D eigenvalue weighted by Gasteiger charge is 2.35. The van der Waals surface area contributed by atoms with Gasteiger partial charge in [0.25, 0.3) is 11.8 Å². The Bertz CT molecular complexity index is 2500. The lowest BCUT2D eigenvalue weighted by Crippen LogP contribution is -2.17. The molecule has 0 saturated carbocycles. The Morgan fingerprint density at radius 2 is 1.70 bits per heavy atom. The number of rotatable bonds is 13. The van der Waals surface area contributed by atoms with Gasteiger partial charge in [-0.25, -0.2) is 23.8 Å². The van der Waals surface area contributed by atoms with Crippen molar-refractivity contribution in [2.45, 2.75) is 32.8 Å². The molecule has 0 radical (unpaired) electrons. The number of aromatic nitrogens is 3. The Balaban J connectivity index is 1.22. The van der Waals surface area contributed by atoms with Crippen molar-refractivity contribution in [1.82, 2.24) is 14.8 Å². The summed E-state index contributed by atoms with van der Waals surface area (Å²) in [6, 6.07) is 10.9. The fourth-order valence-electron chi connectivity index (χ4n) is 5.47. The lowest BCUT2D eigenvalue weighted by molar-refractivity contribution is -0.00593. The van der Waals surface area contributed by atoms with Crippen LogP contribution in [0.3, 0.4) is 0 Å². The van der Waals surface area contributed by atoms with Gasteiger partial charge in [0.15, 0.2) is 0 Å². The van der Waals surface area contributed by atoms with Crippen LogP contribution in [0.25, 0.3) is 21.8 Å². The average Bonchev–Trinajstić information content (AvgIpc) is 3.94. The van der Waals surface area contributed by atoms with Crippen LogP contribution >= 0.6 is 34.0 Å². The molecule has 0 atom stereocenters. The first-order chi connectivity index (χ1) is 26.6. The van der Waals surface area contributed by atoms with Crippen LogP contribution in [0.2, 0.25) is 0 Å². The quantitative estimate of drug-likeness (QED) is 0.0585. The monoisotopic (exact) mass is 821 g/mol. The Labute approximate surface area is 328 Å². The Morgan fingerprint density at radius 3 is 2.38 bits per heavy atom. The molecule has 0 bridgehead atoms. The largest absolute Gasteiger partial charge is 0.478 e. The summed E-state index contributed by atoms with van der Waals surface area (Å²) in [7, 11) is 1.39. The molecule has 4 heterocycles. The van der Waals surface area contributed by atoms with E-state index in [1.54, 1.807) is 36.7 Å². The van der Waals surface area contributed by atoms with E-state index >= 15 is 0 Å². The van der Waals surface area contributed by atoms with Crippen molar-refractivity contribution in [3.05, 3.63) is 122 Å². The van der Waals surface area contributed by atoms with Crippen LogP contribution in [0.5, 0.6) is 5.75 Å². The summed E-state index contributed by atoms with van der Waals surface area (Å²) < 4.78 is 55.4.